The topological polar surface area (TPSA) is 3.24 Å². The lowest BCUT2D eigenvalue weighted by atomic mass is 9.82. The molecule has 3 aliphatic rings. The summed E-state index contributed by atoms with van der Waals surface area (Å²) in [6.45, 7) is 4.74. The monoisotopic (exact) mass is 699 g/mol. The SMILES string of the molecule is CC1(C)c2ccccc2-c2ccc(N(c3ccc(-c4cc(C5C=CC=CC5)cc5c4sc4ccc(-c6ccccc6)cc45)cc3)C3C=CC=CC3)cc21. The van der Waals surface area contributed by atoms with E-state index in [1.807, 2.05) is 11.3 Å². The molecule has 2 unspecified atom stereocenters. The van der Waals surface area contributed by atoms with Crippen LogP contribution in [-0.2, 0) is 5.41 Å². The summed E-state index contributed by atoms with van der Waals surface area (Å²) >= 11 is 1.92. The molecule has 256 valence electrons. The minimum Gasteiger partial charge on any atom is -0.334 e. The van der Waals surface area contributed by atoms with Gasteiger partial charge in [-0.2, -0.15) is 0 Å². The number of nitrogens with zero attached hydrogens (tertiary/aromatic N) is 1. The average molecular weight is 700 g/mol. The molecule has 0 spiro atoms. The molecule has 2 atom stereocenters. The minimum absolute atomic E-state index is 0.0500. The van der Waals surface area contributed by atoms with Gasteiger partial charge in [-0.3, -0.25) is 0 Å². The Balaban J connectivity index is 1.09. The zero-order valence-corrected chi connectivity index (χ0v) is 31.0. The molecular formula is C51H41NS. The molecule has 10 rings (SSSR count). The Bertz CT molecular complexity index is 2650. The molecule has 1 nitrogen and oxygen atoms in total. The molecule has 0 fully saturated rings. The lowest BCUT2D eigenvalue weighted by Gasteiger charge is -2.34. The van der Waals surface area contributed by atoms with E-state index in [1.54, 1.807) is 0 Å². The quantitative estimate of drug-likeness (QED) is 0.167. The first kappa shape index (κ1) is 32.0. The van der Waals surface area contributed by atoms with Crippen LogP contribution >= 0.6 is 11.3 Å². The molecule has 1 aromatic heterocycles. The Morgan fingerprint density at radius 3 is 2.08 bits per heavy atom. The number of hydrogen-bond acceptors (Lipinski definition) is 2. The molecule has 0 amide bonds. The van der Waals surface area contributed by atoms with E-state index >= 15 is 0 Å². The summed E-state index contributed by atoms with van der Waals surface area (Å²) in [6, 6.07) is 48.4. The van der Waals surface area contributed by atoms with Crippen molar-refractivity contribution in [2.75, 3.05) is 4.90 Å². The molecule has 0 aliphatic heterocycles. The van der Waals surface area contributed by atoms with Crippen molar-refractivity contribution in [2.24, 2.45) is 0 Å². The van der Waals surface area contributed by atoms with Crippen molar-refractivity contribution in [3.05, 3.63) is 193 Å². The molecule has 0 N–H and O–H groups in total. The van der Waals surface area contributed by atoms with Crippen LogP contribution in [0.5, 0.6) is 0 Å². The van der Waals surface area contributed by atoms with Gasteiger partial charge in [0.2, 0.25) is 0 Å². The Morgan fingerprint density at radius 1 is 0.547 bits per heavy atom. The van der Waals surface area contributed by atoms with Gasteiger partial charge in [0.05, 0.1) is 6.04 Å². The summed E-state index contributed by atoms with van der Waals surface area (Å²) in [5.74, 6) is 0.367. The van der Waals surface area contributed by atoms with Gasteiger partial charge >= 0.3 is 0 Å². The normalized spacial score (nSPS) is 18.1. The Morgan fingerprint density at radius 2 is 1.28 bits per heavy atom. The maximum absolute atomic E-state index is 2.54. The van der Waals surface area contributed by atoms with Crippen LogP contribution in [0.25, 0.3) is 53.6 Å². The molecule has 0 radical (unpaired) electrons. The van der Waals surface area contributed by atoms with E-state index in [4.69, 9.17) is 0 Å². The molecule has 0 saturated heterocycles. The number of allylic oxidation sites excluding steroid dienone is 6. The van der Waals surface area contributed by atoms with Crippen LogP contribution in [-0.4, -0.2) is 6.04 Å². The molecule has 3 aliphatic carbocycles. The highest BCUT2D eigenvalue weighted by atomic mass is 32.1. The van der Waals surface area contributed by atoms with Crippen LogP contribution in [0.1, 0.15) is 49.3 Å². The molecule has 6 aromatic carbocycles. The number of hydrogen-bond donors (Lipinski definition) is 0. The number of rotatable bonds is 6. The smallest absolute Gasteiger partial charge is 0.0559 e. The Hall–Kier alpha value is -5.70. The second-order valence-corrected chi connectivity index (χ2v) is 16.3. The van der Waals surface area contributed by atoms with Crippen molar-refractivity contribution in [3.8, 4) is 33.4 Å². The van der Waals surface area contributed by atoms with Crippen molar-refractivity contribution in [3.63, 3.8) is 0 Å². The number of fused-ring (bicyclic) bond motifs is 6. The first-order chi connectivity index (χ1) is 26.0. The van der Waals surface area contributed by atoms with E-state index in [2.05, 4.69) is 195 Å². The van der Waals surface area contributed by atoms with E-state index < -0.39 is 0 Å². The van der Waals surface area contributed by atoms with Crippen LogP contribution in [0, 0.1) is 0 Å². The van der Waals surface area contributed by atoms with E-state index in [0.717, 1.165) is 12.8 Å². The fourth-order valence-corrected chi connectivity index (χ4v) is 10.1. The highest BCUT2D eigenvalue weighted by molar-refractivity contribution is 7.26. The van der Waals surface area contributed by atoms with E-state index in [1.165, 1.54) is 81.6 Å². The Labute approximate surface area is 316 Å². The maximum Gasteiger partial charge on any atom is 0.0559 e. The van der Waals surface area contributed by atoms with E-state index in [9.17, 15) is 0 Å². The summed E-state index contributed by atoms with van der Waals surface area (Å²) < 4.78 is 2.69. The third kappa shape index (κ3) is 5.43. The van der Waals surface area contributed by atoms with Crippen molar-refractivity contribution in [1.82, 2.24) is 0 Å². The number of anilines is 2. The summed E-state index contributed by atoms with van der Waals surface area (Å²) in [7, 11) is 0. The second kappa shape index (κ2) is 12.8. The highest BCUT2D eigenvalue weighted by Gasteiger charge is 2.36. The third-order valence-electron chi connectivity index (χ3n) is 11.7. The first-order valence-electron chi connectivity index (χ1n) is 18.9. The van der Waals surface area contributed by atoms with Crippen LogP contribution in [0.4, 0.5) is 11.4 Å². The largest absolute Gasteiger partial charge is 0.334 e. The maximum atomic E-state index is 2.54. The van der Waals surface area contributed by atoms with Gasteiger partial charge in [0.15, 0.2) is 0 Å². The summed E-state index contributed by atoms with van der Waals surface area (Å²) in [5, 5.41) is 2.69. The average Bonchev–Trinajstić information content (AvgIpc) is 3.70. The number of thiophene rings is 1. The van der Waals surface area contributed by atoms with Crippen LogP contribution < -0.4 is 4.90 Å². The van der Waals surface area contributed by atoms with Gasteiger partial charge in [0.1, 0.15) is 0 Å². The van der Waals surface area contributed by atoms with Crippen molar-refractivity contribution >= 4 is 42.9 Å². The van der Waals surface area contributed by atoms with Gasteiger partial charge in [-0.15, -0.1) is 11.3 Å². The van der Waals surface area contributed by atoms with Crippen molar-refractivity contribution in [2.45, 2.75) is 44.1 Å². The van der Waals surface area contributed by atoms with E-state index in [-0.39, 0.29) is 11.5 Å². The standard InChI is InChI=1S/C51H41NS/c1-51(2)47-21-13-12-20-42(47)43-28-27-41(33-48(43)51)52(39-18-10-5-11-19-39)40-25-22-36(23-26-40)44-31-38(35-16-8-4-9-17-35)32-46-45-30-37(34-14-6-3-7-15-34)24-29-49(45)53-50(44)46/h3-16,18,20-33,35,39H,17,19H2,1-2H3. The van der Waals surface area contributed by atoms with Crippen molar-refractivity contribution in [1.29, 1.82) is 0 Å². The van der Waals surface area contributed by atoms with Gasteiger partial charge in [-0.1, -0.05) is 141 Å². The lowest BCUT2D eigenvalue weighted by molar-refractivity contribution is 0.659. The fraction of sp³-hybridized carbons (Fsp3) is 0.137. The second-order valence-electron chi connectivity index (χ2n) is 15.2. The molecule has 1 heterocycles. The molecule has 0 bridgehead atoms. The van der Waals surface area contributed by atoms with Gasteiger partial charge in [0, 0.05) is 42.9 Å². The van der Waals surface area contributed by atoms with Crippen LogP contribution in [0.15, 0.2) is 176 Å². The lowest BCUT2D eigenvalue weighted by Crippen LogP contribution is -2.30. The molecule has 53 heavy (non-hydrogen) atoms. The van der Waals surface area contributed by atoms with Crippen molar-refractivity contribution < 1.29 is 0 Å². The summed E-state index contributed by atoms with van der Waals surface area (Å²) in [4.78, 5) is 2.54. The predicted octanol–water partition coefficient (Wildman–Crippen LogP) is 14.3. The fourth-order valence-electron chi connectivity index (χ4n) is 8.90. The van der Waals surface area contributed by atoms with Crippen LogP contribution in [0.3, 0.4) is 0 Å². The predicted molar refractivity (Wildman–Crippen MR) is 229 cm³/mol. The molecular weight excluding hydrogens is 659 g/mol. The number of benzene rings is 6. The Kier molecular flexibility index (Phi) is 7.70. The third-order valence-corrected chi connectivity index (χ3v) is 12.9. The molecule has 7 aromatic rings. The molecule has 0 saturated carbocycles. The van der Waals surface area contributed by atoms with Gasteiger partial charge in [-0.05, 0) is 111 Å². The van der Waals surface area contributed by atoms with E-state index in [0.29, 0.717) is 5.92 Å². The summed E-state index contributed by atoms with van der Waals surface area (Å²) in [6.07, 6.45) is 20.0. The zero-order chi connectivity index (χ0) is 35.5. The van der Waals surface area contributed by atoms with Gasteiger partial charge in [0.25, 0.3) is 0 Å². The summed E-state index contributed by atoms with van der Waals surface area (Å²) in [5.41, 5.74) is 14.4. The van der Waals surface area contributed by atoms with Gasteiger partial charge < -0.3 is 4.90 Å². The minimum atomic E-state index is -0.0500. The first-order valence-corrected chi connectivity index (χ1v) is 19.7. The zero-order valence-electron chi connectivity index (χ0n) is 30.2. The highest BCUT2D eigenvalue weighted by Crippen LogP contribution is 2.50. The van der Waals surface area contributed by atoms with Gasteiger partial charge in [-0.25, -0.2) is 0 Å². The van der Waals surface area contributed by atoms with Crippen LogP contribution in [0.2, 0.25) is 0 Å². The molecule has 2 heteroatoms.